The van der Waals surface area contributed by atoms with Crippen LogP contribution in [-0.4, -0.2) is 12.3 Å². The normalized spacial score (nSPS) is 12.1. The lowest BCUT2D eigenvalue weighted by Gasteiger charge is -2.05. The molecule has 0 aliphatic heterocycles. The monoisotopic (exact) mass is 795 g/mol. The summed E-state index contributed by atoms with van der Waals surface area (Å²) in [5, 5.41) is 0. The Morgan fingerprint density at radius 3 is 0.389 bits per heavy atom. The maximum Gasteiger partial charge on any atom is -0.0317 e. The van der Waals surface area contributed by atoms with E-state index in [1.54, 1.807) is 0 Å². The number of hydrogen-bond donors (Lipinski definition) is 0. The summed E-state index contributed by atoms with van der Waals surface area (Å²) in [4.78, 5) is 0. The molecule has 0 rings (SSSR count). The van der Waals surface area contributed by atoms with Gasteiger partial charge >= 0.3 is 0 Å². The molecule has 0 spiro atoms. The molecule has 0 aromatic heterocycles. The molecular formula is C52H108P2. The lowest BCUT2D eigenvalue weighted by molar-refractivity contribution is 0.518. The van der Waals surface area contributed by atoms with Crippen molar-refractivity contribution in [3.8, 4) is 0 Å². The highest BCUT2D eigenvalue weighted by Crippen LogP contribution is 2.38. The average Bonchev–Trinajstić information content (AvgIpc) is 3.18. The molecule has 0 saturated carbocycles. The van der Waals surface area contributed by atoms with E-state index in [1.807, 2.05) is 0 Å². The molecule has 0 saturated heterocycles. The van der Waals surface area contributed by atoms with Gasteiger partial charge in [-0.3, -0.25) is 0 Å². The first kappa shape index (κ1) is 54.9. The number of rotatable bonds is 51. The van der Waals surface area contributed by atoms with Crippen LogP contribution in [0.15, 0.2) is 0 Å². The Bertz CT molecular complexity index is 553. The molecule has 0 amide bonds. The summed E-state index contributed by atoms with van der Waals surface area (Å²) in [6.07, 6.45) is 74.6. The van der Waals surface area contributed by atoms with Gasteiger partial charge in [-0.25, -0.2) is 0 Å². The number of hydrogen-bond acceptors (Lipinski definition) is 0. The standard InChI is InChI=1S/C52H108P2/c1-3-5-7-9-11-13-15-17-19-21-23-25-27-29-31-33-35-37-39-41-43-45-47-49-51-53-54-52-50-48-46-44-42-40-38-36-34-32-30-28-26-24-22-20-18-16-14-12-10-8-6-4-2/h53-54H,3-52H2,1-2H3. The van der Waals surface area contributed by atoms with E-state index in [0.29, 0.717) is 0 Å². The molecule has 0 radical (unpaired) electrons. The number of unbranched alkanes of at least 4 members (excludes halogenated alkanes) is 46. The van der Waals surface area contributed by atoms with E-state index in [1.165, 1.54) is 337 Å². The fourth-order valence-corrected chi connectivity index (χ4v) is 11.9. The summed E-state index contributed by atoms with van der Waals surface area (Å²) in [5.74, 6) is 0. The molecule has 0 bridgehead atoms. The molecule has 0 heterocycles. The van der Waals surface area contributed by atoms with Crippen LogP contribution >= 0.6 is 16.5 Å². The molecular weight excluding hydrogens is 687 g/mol. The van der Waals surface area contributed by atoms with Crippen molar-refractivity contribution in [2.45, 2.75) is 322 Å². The second-order valence-electron chi connectivity index (χ2n) is 18.1. The molecule has 2 heteroatoms. The minimum Gasteiger partial charge on any atom is -0.0992 e. The van der Waals surface area contributed by atoms with Crippen LogP contribution in [0.25, 0.3) is 0 Å². The summed E-state index contributed by atoms with van der Waals surface area (Å²) >= 11 is 0. The van der Waals surface area contributed by atoms with Crippen molar-refractivity contribution in [3.63, 3.8) is 0 Å². The van der Waals surface area contributed by atoms with Crippen LogP contribution in [0.3, 0.4) is 0 Å². The van der Waals surface area contributed by atoms with Gasteiger partial charge in [0.05, 0.1) is 0 Å². The first-order valence-electron chi connectivity index (χ1n) is 26.4. The fraction of sp³-hybridized carbons (Fsp3) is 1.00. The molecule has 54 heavy (non-hydrogen) atoms. The molecule has 326 valence electrons. The van der Waals surface area contributed by atoms with Gasteiger partial charge in [0.1, 0.15) is 0 Å². The third kappa shape index (κ3) is 52.9. The smallest absolute Gasteiger partial charge is 0.0317 e. The Morgan fingerprint density at radius 2 is 0.259 bits per heavy atom. The Hall–Kier alpha value is 0.860. The van der Waals surface area contributed by atoms with Gasteiger partial charge in [-0.15, -0.1) is 0 Å². The first-order valence-corrected chi connectivity index (χ1v) is 29.8. The molecule has 2 unspecified atom stereocenters. The van der Waals surface area contributed by atoms with Crippen LogP contribution in [0.1, 0.15) is 322 Å². The molecule has 0 N–H and O–H groups in total. The first-order chi connectivity index (χ1) is 26.9. The van der Waals surface area contributed by atoms with Crippen LogP contribution in [0.2, 0.25) is 0 Å². The highest BCUT2D eigenvalue weighted by atomic mass is 32.0. The molecule has 0 aliphatic carbocycles. The third-order valence-corrected chi connectivity index (χ3v) is 16.1. The molecule has 0 aromatic rings. The van der Waals surface area contributed by atoms with Crippen LogP contribution in [0, 0.1) is 0 Å². The molecule has 2 atom stereocenters. The second-order valence-corrected chi connectivity index (χ2v) is 21.9. The van der Waals surface area contributed by atoms with Gasteiger partial charge in [-0.05, 0) is 25.2 Å². The lowest BCUT2D eigenvalue weighted by atomic mass is 10.0. The summed E-state index contributed by atoms with van der Waals surface area (Å²) in [6.45, 7) is 4.63. The Morgan fingerprint density at radius 1 is 0.148 bits per heavy atom. The van der Waals surface area contributed by atoms with Gasteiger partial charge < -0.3 is 0 Å². The van der Waals surface area contributed by atoms with E-state index in [2.05, 4.69) is 13.8 Å². The second kappa shape index (κ2) is 53.9. The van der Waals surface area contributed by atoms with Gasteiger partial charge in [0.2, 0.25) is 0 Å². The lowest BCUT2D eigenvalue weighted by Crippen LogP contribution is -1.85. The molecule has 0 fully saturated rings. The quantitative estimate of drug-likeness (QED) is 0.0425. The Kier molecular flexibility index (Phi) is 54.7. The SMILES string of the molecule is CCCCCCCCCCCCCCCCCCCCCCCCCCPPCCCCCCCCCCCCCCCCCCCCCCCCCC. The van der Waals surface area contributed by atoms with Gasteiger partial charge in [-0.1, -0.05) is 326 Å². The van der Waals surface area contributed by atoms with E-state index in [0.717, 1.165) is 0 Å². The maximum atomic E-state index is 2.31. The molecule has 0 aromatic carbocycles. The van der Waals surface area contributed by atoms with Crippen molar-refractivity contribution in [3.05, 3.63) is 0 Å². The fourth-order valence-electron chi connectivity index (χ4n) is 8.53. The van der Waals surface area contributed by atoms with E-state index >= 15 is 0 Å². The summed E-state index contributed by atoms with van der Waals surface area (Å²) in [5.41, 5.74) is 0. The minimum absolute atomic E-state index is 1.28. The minimum atomic E-state index is 1.28. The van der Waals surface area contributed by atoms with Gasteiger partial charge in [-0.2, -0.15) is 0 Å². The summed E-state index contributed by atoms with van der Waals surface area (Å²) in [7, 11) is 2.56. The van der Waals surface area contributed by atoms with Crippen molar-refractivity contribution in [2.24, 2.45) is 0 Å². The van der Waals surface area contributed by atoms with Crippen LogP contribution in [-0.2, 0) is 0 Å². The predicted octanol–water partition coefficient (Wildman–Crippen LogP) is 21.0. The summed E-state index contributed by atoms with van der Waals surface area (Å²) in [6, 6.07) is 0. The highest BCUT2D eigenvalue weighted by molar-refractivity contribution is 8.11. The van der Waals surface area contributed by atoms with Crippen LogP contribution < -0.4 is 0 Å². The van der Waals surface area contributed by atoms with E-state index < -0.39 is 0 Å². The van der Waals surface area contributed by atoms with Crippen molar-refractivity contribution >= 4 is 16.5 Å². The van der Waals surface area contributed by atoms with Crippen molar-refractivity contribution < 1.29 is 0 Å². The van der Waals surface area contributed by atoms with E-state index in [4.69, 9.17) is 0 Å². The van der Waals surface area contributed by atoms with Crippen molar-refractivity contribution in [1.82, 2.24) is 0 Å². The van der Waals surface area contributed by atoms with Crippen LogP contribution in [0.5, 0.6) is 0 Å². The van der Waals surface area contributed by atoms with Crippen molar-refractivity contribution in [2.75, 3.05) is 12.3 Å². The van der Waals surface area contributed by atoms with Crippen LogP contribution in [0.4, 0.5) is 0 Å². The van der Waals surface area contributed by atoms with Gasteiger partial charge in [0.25, 0.3) is 0 Å². The van der Waals surface area contributed by atoms with Gasteiger partial charge in [0, 0.05) is 0 Å². The largest absolute Gasteiger partial charge is 0.0992 e. The maximum absolute atomic E-state index is 2.31. The average molecular weight is 795 g/mol. The molecule has 0 nitrogen and oxygen atoms in total. The zero-order valence-corrected chi connectivity index (χ0v) is 40.4. The zero-order chi connectivity index (χ0) is 38.8. The highest BCUT2D eigenvalue weighted by Gasteiger charge is 1.99. The topological polar surface area (TPSA) is 0 Å². The predicted molar refractivity (Wildman–Crippen MR) is 259 cm³/mol. The van der Waals surface area contributed by atoms with E-state index in [-0.39, 0.29) is 0 Å². The van der Waals surface area contributed by atoms with E-state index in [9.17, 15) is 0 Å². The molecule has 0 aliphatic rings. The van der Waals surface area contributed by atoms with Gasteiger partial charge in [0.15, 0.2) is 0 Å². The Balaban J connectivity index is 3.05. The third-order valence-electron chi connectivity index (χ3n) is 12.4. The Labute approximate surface area is 349 Å². The van der Waals surface area contributed by atoms with Crippen molar-refractivity contribution in [1.29, 1.82) is 0 Å². The zero-order valence-electron chi connectivity index (χ0n) is 38.4. The summed E-state index contributed by atoms with van der Waals surface area (Å²) < 4.78 is 0.